The van der Waals surface area contributed by atoms with Gasteiger partial charge in [0, 0.05) is 11.3 Å². The minimum atomic E-state index is -0.930. The fourth-order valence-electron chi connectivity index (χ4n) is 2.07. The number of aromatic carboxylic acids is 1. The molecule has 5 heteroatoms. The van der Waals surface area contributed by atoms with Crippen LogP contribution >= 0.6 is 11.3 Å². The van der Waals surface area contributed by atoms with E-state index in [0.29, 0.717) is 17.8 Å². The first kappa shape index (κ1) is 16.2. The number of thiophene rings is 1. The van der Waals surface area contributed by atoms with Crippen molar-refractivity contribution in [3.63, 3.8) is 0 Å². The van der Waals surface area contributed by atoms with E-state index in [1.807, 2.05) is 0 Å². The molecule has 4 nitrogen and oxygen atoms in total. The molecule has 0 aliphatic heterocycles. The summed E-state index contributed by atoms with van der Waals surface area (Å²) < 4.78 is 0. The van der Waals surface area contributed by atoms with Gasteiger partial charge in [-0.2, -0.15) is 0 Å². The van der Waals surface area contributed by atoms with Crippen LogP contribution in [0.5, 0.6) is 0 Å². The predicted molar refractivity (Wildman–Crippen MR) is 87.2 cm³/mol. The molecule has 0 fully saturated rings. The van der Waals surface area contributed by atoms with Crippen LogP contribution in [0.25, 0.3) is 0 Å². The summed E-state index contributed by atoms with van der Waals surface area (Å²) in [5.41, 5.74) is 2.47. The number of hydrogen-bond donors (Lipinski definition) is 2. The van der Waals surface area contributed by atoms with Crippen molar-refractivity contribution in [3.8, 4) is 0 Å². The summed E-state index contributed by atoms with van der Waals surface area (Å²) in [6, 6.07) is 11.6. The van der Waals surface area contributed by atoms with Crippen molar-refractivity contribution >= 4 is 23.2 Å². The zero-order valence-electron chi connectivity index (χ0n) is 12.5. The molecule has 1 aromatic heterocycles. The second-order valence-electron chi connectivity index (χ2n) is 5.19. The van der Waals surface area contributed by atoms with Crippen molar-refractivity contribution in [2.75, 3.05) is 0 Å². The monoisotopic (exact) mass is 317 g/mol. The minimum absolute atomic E-state index is 0.00242. The molecule has 0 aliphatic carbocycles. The molecule has 1 amide bonds. The van der Waals surface area contributed by atoms with Gasteiger partial charge in [-0.15, -0.1) is 11.3 Å². The van der Waals surface area contributed by atoms with E-state index in [4.69, 9.17) is 5.11 Å². The Morgan fingerprint density at radius 2 is 1.86 bits per heavy atom. The average molecular weight is 317 g/mol. The number of nitrogens with one attached hydrogen (secondary N) is 1. The van der Waals surface area contributed by atoms with Gasteiger partial charge in [-0.3, -0.25) is 4.79 Å². The fourth-order valence-corrected chi connectivity index (χ4v) is 2.86. The smallest absolute Gasteiger partial charge is 0.345 e. The Bertz CT molecular complexity index is 646. The zero-order valence-corrected chi connectivity index (χ0v) is 13.3. The maximum absolute atomic E-state index is 11.8. The maximum atomic E-state index is 11.8. The fraction of sp³-hybridized carbons (Fsp3) is 0.294. The van der Waals surface area contributed by atoms with Crippen molar-refractivity contribution in [2.24, 2.45) is 0 Å². The maximum Gasteiger partial charge on any atom is 0.345 e. The summed E-state index contributed by atoms with van der Waals surface area (Å²) in [6.07, 6.45) is 2.17. The first-order chi connectivity index (χ1) is 10.5. The van der Waals surface area contributed by atoms with Crippen LogP contribution in [0.1, 0.15) is 38.5 Å². The molecule has 0 saturated heterocycles. The SMILES string of the molecule is Cc1ccc(CCCC(=O)NCc2ccc(C(=O)O)s2)cc1. The van der Waals surface area contributed by atoms with E-state index in [1.54, 1.807) is 12.1 Å². The second kappa shape index (κ2) is 7.75. The molecule has 2 aromatic rings. The zero-order chi connectivity index (χ0) is 15.9. The van der Waals surface area contributed by atoms with E-state index >= 15 is 0 Å². The van der Waals surface area contributed by atoms with Gasteiger partial charge in [0.05, 0.1) is 6.54 Å². The molecular formula is C17H19NO3S. The third kappa shape index (κ3) is 5.00. The Labute approximate surface area is 133 Å². The summed E-state index contributed by atoms with van der Waals surface area (Å²) in [5.74, 6) is -0.932. The van der Waals surface area contributed by atoms with E-state index in [2.05, 4.69) is 36.5 Å². The number of carboxylic acid groups (broad SMARTS) is 1. The van der Waals surface area contributed by atoms with Crippen molar-refractivity contribution in [2.45, 2.75) is 32.7 Å². The lowest BCUT2D eigenvalue weighted by Crippen LogP contribution is -2.21. The Morgan fingerprint density at radius 1 is 1.14 bits per heavy atom. The number of rotatable bonds is 7. The third-order valence-electron chi connectivity index (χ3n) is 3.32. The average Bonchev–Trinajstić information content (AvgIpc) is 2.96. The Kier molecular flexibility index (Phi) is 5.72. The Morgan fingerprint density at radius 3 is 2.50 bits per heavy atom. The predicted octanol–water partition coefficient (Wildman–Crippen LogP) is 3.39. The molecule has 0 unspecified atom stereocenters. The van der Waals surface area contributed by atoms with E-state index < -0.39 is 5.97 Å². The van der Waals surface area contributed by atoms with Crippen molar-refractivity contribution in [3.05, 3.63) is 57.3 Å². The van der Waals surface area contributed by atoms with E-state index in [1.165, 1.54) is 22.5 Å². The lowest BCUT2D eigenvalue weighted by Gasteiger charge is -2.04. The van der Waals surface area contributed by atoms with Crippen LogP contribution in [0.3, 0.4) is 0 Å². The number of amides is 1. The van der Waals surface area contributed by atoms with E-state index in [0.717, 1.165) is 17.7 Å². The van der Waals surface area contributed by atoms with Crippen LogP contribution in [-0.2, 0) is 17.8 Å². The van der Waals surface area contributed by atoms with Gasteiger partial charge in [0.25, 0.3) is 0 Å². The van der Waals surface area contributed by atoms with E-state index in [-0.39, 0.29) is 5.91 Å². The van der Waals surface area contributed by atoms with Crippen LogP contribution in [-0.4, -0.2) is 17.0 Å². The van der Waals surface area contributed by atoms with Crippen molar-refractivity contribution in [1.29, 1.82) is 0 Å². The summed E-state index contributed by atoms with van der Waals surface area (Å²) in [6.45, 7) is 2.44. The van der Waals surface area contributed by atoms with Crippen LogP contribution < -0.4 is 5.32 Å². The highest BCUT2D eigenvalue weighted by Crippen LogP contribution is 2.16. The van der Waals surface area contributed by atoms with Gasteiger partial charge >= 0.3 is 5.97 Å². The first-order valence-corrected chi connectivity index (χ1v) is 8.00. The Balaban J connectivity index is 1.69. The number of carboxylic acids is 1. The third-order valence-corrected chi connectivity index (χ3v) is 4.40. The van der Waals surface area contributed by atoms with Crippen LogP contribution in [0, 0.1) is 6.92 Å². The lowest BCUT2D eigenvalue weighted by atomic mass is 10.1. The molecule has 1 aromatic carbocycles. The number of carbonyl (C=O) groups is 2. The summed E-state index contributed by atoms with van der Waals surface area (Å²) in [5, 5.41) is 11.7. The van der Waals surface area contributed by atoms with Gasteiger partial charge in [0.1, 0.15) is 4.88 Å². The lowest BCUT2D eigenvalue weighted by molar-refractivity contribution is -0.121. The summed E-state index contributed by atoms with van der Waals surface area (Å²) in [7, 11) is 0. The van der Waals surface area contributed by atoms with Gasteiger partial charge in [-0.25, -0.2) is 4.79 Å². The molecule has 0 saturated carbocycles. The Hall–Kier alpha value is -2.14. The summed E-state index contributed by atoms with van der Waals surface area (Å²) >= 11 is 1.19. The molecule has 2 rings (SSSR count). The van der Waals surface area contributed by atoms with E-state index in [9.17, 15) is 9.59 Å². The minimum Gasteiger partial charge on any atom is -0.477 e. The first-order valence-electron chi connectivity index (χ1n) is 7.19. The highest BCUT2D eigenvalue weighted by Gasteiger charge is 2.08. The highest BCUT2D eigenvalue weighted by atomic mass is 32.1. The standard InChI is InChI=1S/C17H19NO3S/c1-12-5-7-13(8-6-12)3-2-4-16(19)18-11-14-9-10-15(22-14)17(20)21/h5-10H,2-4,11H2,1H3,(H,18,19)(H,20,21). The molecule has 1 heterocycles. The number of aryl methyl sites for hydroxylation is 2. The molecule has 2 N–H and O–H groups in total. The highest BCUT2D eigenvalue weighted by molar-refractivity contribution is 7.13. The largest absolute Gasteiger partial charge is 0.477 e. The van der Waals surface area contributed by atoms with Gasteiger partial charge in [0.2, 0.25) is 5.91 Å². The topological polar surface area (TPSA) is 66.4 Å². The molecule has 0 aliphatic rings. The van der Waals surface area contributed by atoms with Crippen LogP contribution in [0.2, 0.25) is 0 Å². The molecule has 0 bridgehead atoms. The van der Waals surface area contributed by atoms with Gasteiger partial charge in [0.15, 0.2) is 0 Å². The molecular weight excluding hydrogens is 298 g/mol. The normalized spacial score (nSPS) is 10.4. The number of benzene rings is 1. The molecule has 0 atom stereocenters. The van der Waals surface area contributed by atoms with Crippen molar-refractivity contribution < 1.29 is 14.7 Å². The van der Waals surface area contributed by atoms with Crippen LogP contribution in [0.15, 0.2) is 36.4 Å². The molecule has 0 radical (unpaired) electrons. The molecule has 116 valence electrons. The van der Waals surface area contributed by atoms with Crippen LogP contribution in [0.4, 0.5) is 0 Å². The van der Waals surface area contributed by atoms with Gasteiger partial charge in [-0.05, 0) is 37.5 Å². The number of hydrogen-bond acceptors (Lipinski definition) is 3. The summed E-state index contributed by atoms with van der Waals surface area (Å²) in [4.78, 5) is 23.7. The van der Waals surface area contributed by atoms with Gasteiger partial charge in [-0.1, -0.05) is 29.8 Å². The van der Waals surface area contributed by atoms with Crippen molar-refractivity contribution in [1.82, 2.24) is 5.32 Å². The molecule has 22 heavy (non-hydrogen) atoms. The number of carbonyl (C=O) groups excluding carboxylic acids is 1. The second-order valence-corrected chi connectivity index (χ2v) is 6.36. The van der Waals surface area contributed by atoms with Gasteiger partial charge < -0.3 is 10.4 Å². The molecule has 0 spiro atoms. The quantitative estimate of drug-likeness (QED) is 0.822.